The molecule has 8 nitrogen and oxygen atoms in total. The normalized spacial score (nSPS) is 14.0. The first-order valence-electron chi connectivity index (χ1n) is 13.1. The van der Waals surface area contributed by atoms with E-state index in [4.69, 9.17) is 37.7 Å². The number of fused-ring (bicyclic) bond motifs is 1. The second-order valence-electron chi connectivity index (χ2n) is 9.84. The van der Waals surface area contributed by atoms with Crippen LogP contribution in [0.15, 0.2) is 71.5 Å². The van der Waals surface area contributed by atoms with E-state index in [0.29, 0.717) is 65.4 Å². The number of anilines is 1. The number of pyridine rings is 1. The van der Waals surface area contributed by atoms with Gasteiger partial charge < -0.3 is 14.3 Å². The number of rotatable bonds is 5. The summed E-state index contributed by atoms with van der Waals surface area (Å²) in [5, 5.41) is 5.90. The third-order valence-electron chi connectivity index (χ3n) is 7.03. The molecule has 0 saturated carbocycles. The van der Waals surface area contributed by atoms with Gasteiger partial charge in [-0.3, -0.25) is 9.78 Å². The average Bonchev–Trinajstić information content (AvgIpc) is 3.24. The van der Waals surface area contributed by atoms with Crippen LogP contribution >= 0.6 is 23.2 Å². The predicted molar refractivity (Wildman–Crippen MR) is 156 cm³/mol. The van der Waals surface area contributed by atoms with Gasteiger partial charge >= 0.3 is 0 Å². The summed E-state index contributed by atoms with van der Waals surface area (Å²) in [5.41, 5.74) is 4.72. The molecule has 6 rings (SSSR count). The van der Waals surface area contributed by atoms with E-state index in [1.54, 1.807) is 30.6 Å². The molecule has 0 N–H and O–H groups in total. The second kappa shape index (κ2) is 11.2. The van der Waals surface area contributed by atoms with Crippen LogP contribution in [0.25, 0.3) is 22.4 Å². The summed E-state index contributed by atoms with van der Waals surface area (Å²) < 4.78 is 5.76. The van der Waals surface area contributed by atoms with Crippen molar-refractivity contribution in [1.82, 2.24) is 25.0 Å². The molecule has 40 heavy (non-hydrogen) atoms. The van der Waals surface area contributed by atoms with E-state index in [0.717, 1.165) is 28.8 Å². The molecule has 4 heterocycles. The highest BCUT2D eigenvalue weighted by atomic mass is 35.5. The Morgan fingerprint density at radius 2 is 1.82 bits per heavy atom. The number of benzene rings is 2. The van der Waals surface area contributed by atoms with Gasteiger partial charge in [-0.05, 0) is 49.2 Å². The molecule has 1 amide bonds. The molecule has 0 spiro atoms. The average molecular weight is 573 g/mol. The maximum absolute atomic E-state index is 13.3. The van der Waals surface area contributed by atoms with Gasteiger partial charge in [0, 0.05) is 56.1 Å². The monoisotopic (exact) mass is 572 g/mol. The molecule has 1 aliphatic rings. The van der Waals surface area contributed by atoms with Crippen LogP contribution in [0.5, 0.6) is 0 Å². The van der Waals surface area contributed by atoms with Gasteiger partial charge in [0.25, 0.3) is 11.6 Å². The van der Waals surface area contributed by atoms with Gasteiger partial charge in [0.15, 0.2) is 0 Å². The van der Waals surface area contributed by atoms with Crippen molar-refractivity contribution < 1.29 is 9.32 Å². The Balaban J connectivity index is 1.34. The van der Waals surface area contributed by atoms with Gasteiger partial charge in [-0.1, -0.05) is 58.2 Å². The molecule has 202 valence electrons. The lowest BCUT2D eigenvalue weighted by Gasteiger charge is -2.24. The second-order valence-corrected chi connectivity index (χ2v) is 10.7. The third kappa shape index (κ3) is 5.37. The number of amides is 1. The minimum absolute atomic E-state index is 0.0747. The lowest BCUT2D eigenvalue weighted by Crippen LogP contribution is -2.35. The van der Waals surface area contributed by atoms with Crippen LogP contribution in [-0.2, 0) is 6.42 Å². The van der Waals surface area contributed by atoms with Gasteiger partial charge in [0.05, 0.1) is 10.0 Å². The van der Waals surface area contributed by atoms with Crippen molar-refractivity contribution in [1.29, 1.82) is 0 Å². The number of hydrogen-bond donors (Lipinski definition) is 0. The molecule has 0 aliphatic carbocycles. The Morgan fingerprint density at radius 3 is 2.60 bits per heavy atom. The zero-order valence-corrected chi connectivity index (χ0v) is 23.4. The number of aromatic nitrogens is 4. The zero-order chi connectivity index (χ0) is 27.6. The summed E-state index contributed by atoms with van der Waals surface area (Å²) in [6.45, 7) is 4.48. The molecule has 0 atom stereocenters. The Kier molecular flexibility index (Phi) is 7.36. The topological polar surface area (TPSA) is 88.3 Å². The van der Waals surface area contributed by atoms with Gasteiger partial charge in [-0.15, -0.1) is 0 Å². The molecule has 1 aliphatic heterocycles. The smallest absolute Gasteiger partial charge is 0.263 e. The molecule has 0 bridgehead atoms. The quantitative estimate of drug-likeness (QED) is 0.246. The molecule has 5 aromatic rings. The fourth-order valence-corrected chi connectivity index (χ4v) is 5.22. The molecule has 1 fully saturated rings. The van der Waals surface area contributed by atoms with Crippen molar-refractivity contribution in [2.24, 2.45) is 0 Å². The van der Waals surface area contributed by atoms with E-state index >= 15 is 0 Å². The first-order chi connectivity index (χ1) is 19.5. The van der Waals surface area contributed by atoms with Crippen LogP contribution in [0.2, 0.25) is 10.0 Å². The fourth-order valence-electron chi connectivity index (χ4n) is 4.92. The summed E-state index contributed by atoms with van der Waals surface area (Å²) in [6.07, 6.45) is 4.79. The van der Waals surface area contributed by atoms with Crippen molar-refractivity contribution in [2.75, 3.05) is 31.1 Å². The minimum Gasteiger partial charge on any atom is -0.354 e. The lowest BCUT2D eigenvalue weighted by atomic mass is 10.1. The molecular formula is C30H26Cl2N6O2. The van der Waals surface area contributed by atoms with Gasteiger partial charge in [-0.2, -0.15) is 4.98 Å². The molecule has 0 unspecified atom stereocenters. The van der Waals surface area contributed by atoms with E-state index in [9.17, 15) is 4.79 Å². The summed E-state index contributed by atoms with van der Waals surface area (Å²) >= 11 is 12.2. The molecule has 2 aromatic carbocycles. The van der Waals surface area contributed by atoms with E-state index in [-0.39, 0.29) is 5.91 Å². The van der Waals surface area contributed by atoms with Crippen LogP contribution in [-0.4, -0.2) is 57.1 Å². The lowest BCUT2D eigenvalue weighted by molar-refractivity contribution is 0.0767. The third-order valence-corrected chi connectivity index (χ3v) is 7.77. The number of aryl methyl sites for hydroxylation is 1. The van der Waals surface area contributed by atoms with Crippen molar-refractivity contribution >= 4 is 46.0 Å². The van der Waals surface area contributed by atoms with Crippen molar-refractivity contribution in [3.05, 3.63) is 99.6 Å². The van der Waals surface area contributed by atoms with Crippen molar-refractivity contribution in [3.63, 3.8) is 0 Å². The summed E-state index contributed by atoms with van der Waals surface area (Å²) in [4.78, 5) is 31.4. The predicted octanol–water partition coefficient (Wildman–Crippen LogP) is 6.24. The highest BCUT2D eigenvalue weighted by Crippen LogP contribution is 2.34. The highest BCUT2D eigenvalue weighted by molar-refractivity contribution is 6.42. The standard InChI is InChI=1S/C30H26Cl2N6O2/c1-19-5-7-20(8-6-19)16-25-34-28(26-27(36-40-29(26)35-25)22-4-2-11-33-18-22)37-12-3-13-38(15-14-37)30(39)21-9-10-23(31)24(32)17-21/h2,4-11,17-18H,3,12-16H2,1H3. The Bertz CT molecular complexity index is 1670. The van der Waals surface area contributed by atoms with Crippen molar-refractivity contribution in [3.8, 4) is 11.3 Å². The first-order valence-corrected chi connectivity index (χ1v) is 13.8. The number of carbonyl (C=O) groups is 1. The number of carbonyl (C=O) groups excluding carboxylic acids is 1. The summed E-state index contributed by atoms with van der Waals surface area (Å²) in [6, 6.07) is 17.1. The number of nitrogens with zero attached hydrogens (tertiary/aromatic N) is 6. The van der Waals surface area contributed by atoms with E-state index in [1.807, 2.05) is 17.0 Å². The van der Waals surface area contributed by atoms with E-state index in [2.05, 4.69) is 46.2 Å². The Morgan fingerprint density at radius 1 is 0.975 bits per heavy atom. The van der Waals surface area contributed by atoms with E-state index < -0.39 is 0 Å². The molecular weight excluding hydrogens is 547 g/mol. The Labute approximate surface area is 241 Å². The summed E-state index contributed by atoms with van der Waals surface area (Å²) in [5.74, 6) is 1.32. The van der Waals surface area contributed by atoms with Crippen LogP contribution in [0.1, 0.15) is 33.7 Å². The fraction of sp³-hybridized carbons (Fsp3) is 0.233. The van der Waals surface area contributed by atoms with Crippen LogP contribution in [0.4, 0.5) is 5.82 Å². The van der Waals surface area contributed by atoms with Gasteiger partial charge in [0.2, 0.25) is 0 Å². The van der Waals surface area contributed by atoms with Gasteiger partial charge in [0.1, 0.15) is 22.7 Å². The summed E-state index contributed by atoms with van der Waals surface area (Å²) in [7, 11) is 0. The van der Waals surface area contributed by atoms with E-state index in [1.165, 1.54) is 5.56 Å². The minimum atomic E-state index is -0.0747. The largest absolute Gasteiger partial charge is 0.354 e. The zero-order valence-electron chi connectivity index (χ0n) is 21.8. The maximum atomic E-state index is 13.3. The maximum Gasteiger partial charge on any atom is 0.263 e. The van der Waals surface area contributed by atoms with Crippen LogP contribution in [0.3, 0.4) is 0 Å². The number of halogens is 2. The molecule has 10 heteroatoms. The number of hydrogen-bond acceptors (Lipinski definition) is 7. The van der Waals surface area contributed by atoms with Crippen molar-refractivity contribution in [2.45, 2.75) is 19.8 Å². The highest BCUT2D eigenvalue weighted by Gasteiger charge is 2.26. The van der Waals surface area contributed by atoms with Crippen LogP contribution < -0.4 is 4.90 Å². The van der Waals surface area contributed by atoms with Crippen LogP contribution in [0, 0.1) is 6.92 Å². The molecule has 3 aromatic heterocycles. The van der Waals surface area contributed by atoms with Gasteiger partial charge in [-0.25, -0.2) is 4.98 Å². The first kappa shape index (κ1) is 26.2. The molecule has 1 saturated heterocycles. The molecule has 0 radical (unpaired) electrons. The SMILES string of the molecule is Cc1ccc(Cc2nc(N3CCCN(C(=O)c4ccc(Cl)c(Cl)c4)CC3)c3c(-c4cccnc4)noc3n2)cc1. The Hall–Kier alpha value is -4.01.